The Morgan fingerprint density at radius 1 is 0.946 bits per heavy atom. The molecular weight excluding hydrogens is 468 g/mol. The maximum atomic E-state index is 12.3. The van der Waals surface area contributed by atoms with Crippen molar-refractivity contribution in [2.75, 3.05) is 13.2 Å². The lowest BCUT2D eigenvalue weighted by Crippen LogP contribution is -2.15. The first-order chi connectivity index (χ1) is 18.2. The third kappa shape index (κ3) is 8.76. The zero-order valence-electron chi connectivity index (χ0n) is 22.1. The highest BCUT2D eigenvalue weighted by molar-refractivity contribution is 5.72. The lowest BCUT2D eigenvalue weighted by Gasteiger charge is -2.15. The second kappa shape index (κ2) is 14.6. The van der Waals surface area contributed by atoms with E-state index in [0.717, 1.165) is 24.8 Å². The van der Waals surface area contributed by atoms with Gasteiger partial charge in [-0.3, -0.25) is 4.79 Å². The zero-order chi connectivity index (χ0) is 25.7. The lowest BCUT2D eigenvalue weighted by molar-refractivity contribution is -0.134. The number of rotatable bonds is 13. The Balaban J connectivity index is 1.16. The number of benzene rings is 1. The quantitative estimate of drug-likeness (QED) is 0.161. The summed E-state index contributed by atoms with van der Waals surface area (Å²) in [5.74, 6) is 2.21. The van der Waals surface area contributed by atoms with E-state index in [0.29, 0.717) is 42.9 Å². The minimum atomic E-state index is -0.279. The van der Waals surface area contributed by atoms with Crippen molar-refractivity contribution in [2.24, 2.45) is 0 Å². The van der Waals surface area contributed by atoms with Crippen LogP contribution in [0, 0.1) is 0 Å². The van der Waals surface area contributed by atoms with Crippen LogP contribution in [0.15, 0.2) is 48.2 Å². The molecule has 2 fully saturated rings. The van der Waals surface area contributed by atoms with Crippen molar-refractivity contribution >= 4 is 5.97 Å². The van der Waals surface area contributed by atoms with Gasteiger partial charge in [0.1, 0.15) is 18.5 Å². The molecule has 1 aliphatic carbocycles. The van der Waals surface area contributed by atoms with Gasteiger partial charge < -0.3 is 18.9 Å². The average molecular weight is 509 g/mol. The molecule has 0 bridgehead atoms. The Labute approximate surface area is 220 Å². The molecule has 1 atom stereocenters. The van der Waals surface area contributed by atoms with Crippen molar-refractivity contribution in [1.82, 2.24) is 9.97 Å². The zero-order valence-corrected chi connectivity index (χ0v) is 22.1. The van der Waals surface area contributed by atoms with Gasteiger partial charge in [0.25, 0.3) is 5.95 Å². The molecule has 1 saturated carbocycles. The SMILES string of the molecule is CCCCCCCCOc1cnc(-c2ccc(OC(=O)CC[C@H]3COC(=C4CCCCC4)O3)cc2)nc1. The number of hydrogen-bond donors (Lipinski definition) is 0. The molecule has 1 aromatic carbocycles. The molecule has 2 aliphatic rings. The van der Waals surface area contributed by atoms with Crippen LogP contribution in [0.2, 0.25) is 0 Å². The van der Waals surface area contributed by atoms with Crippen LogP contribution in [-0.4, -0.2) is 35.3 Å². The summed E-state index contributed by atoms with van der Waals surface area (Å²) in [4.78, 5) is 21.2. The van der Waals surface area contributed by atoms with Crippen molar-refractivity contribution in [2.45, 2.75) is 96.5 Å². The van der Waals surface area contributed by atoms with E-state index < -0.39 is 0 Å². The predicted molar refractivity (Wildman–Crippen MR) is 142 cm³/mol. The molecule has 37 heavy (non-hydrogen) atoms. The summed E-state index contributed by atoms with van der Waals surface area (Å²) in [6.45, 7) is 3.42. The molecule has 0 unspecified atom stereocenters. The summed E-state index contributed by atoms with van der Waals surface area (Å²) in [5, 5.41) is 0. The molecule has 4 rings (SSSR count). The normalized spacial score (nSPS) is 17.3. The summed E-state index contributed by atoms with van der Waals surface area (Å²) in [7, 11) is 0. The number of carbonyl (C=O) groups is 1. The van der Waals surface area contributed by atoms with Gasteiger partial charge in [0.05, 0.1) is 19.0 Å². The summed E-state index contributed by atoms with van der Waals surface area (Å²) >= 11 is 0. The number of esters is 1. The first-order valence-corrected chi connectivity index (χ1v) is 14.0. The minimum absolute atomic E-state index is 0.0887. The van der Waals surface area contributed by atoms with Gasteiger partial charge in [-0.2, -0.15) is 0 Å². The van der Waals surface area contributed by atoms with E-state index in [1.54, 1.807) is 24.5 Å². The minimum Gasteiger partial charge on any atom is -0.490 e. The topological polar surface area (TPSA) is 79.8 Å². The number of aromatic nitrogens is 2. The molecule has 0 radical (unpaired) electrons. The highest BCUT2D eigenvalue weighted by Crippen LogP contribution is 2.31. The summed E-state index contributed by atoms with van der Waals surface area (Å²) in [6, 6.07) is 7.23. The maximum absolute atomic E-state index is 12.3. The van der Waals surface area contributed by atoms with Crippen LogP contribution in [-0.2, 0) is 14.3 Å². The van der Waals surface area contributed by atoms with Crippen LogP contribution in [0.1, 0.15) is 90.4 Å². The molecule has 2 aromatic rings. The van der Waals surface area contributed by atoms with E-state index in [9.17, 15) is 4.79 Å². The second-order valence-electron chi connectivity index (χ2n) is 9.90. The predicted octanol–water partition coefficient (Wildman–Crippen LogP) is 7.16. The van der Waals surface area contributed by atoms with Gasteiger partial charge in [0.2, 0.25) is 0 Å². The van der Waals surface area contributed by atoms with Crippen molar-refractivity contribution in [3.8, 4) is 22.9 Å². The van der Waals surface area contributed by atoms with Gasteiger partial charge in [-0.25, -0.2) is 9.97 Å². The maximum Gasteiger partial charge on any atom is 0.311 e. The molecule has 0 amide bonds. The number of unbranched alkanes of at least 4 members (excludes halogenated alkanes) is 5. The molecule has 7 heteroatoms. The van der Waals surface area contributed by atoms with E-state index in [2.05, 4.69) is 16.9 Å². The average Bonchev–Trinajstić information content (AvgIpc) is 3.42. The molecule has 1 aromatic heterocycles. The van der Waals surface area contributed by atoms with Crippen LogP contribution in [0.5, 0.6) is 11.5 Å². The second-order valence-corrected chi connectivity index (χ2v) is 9.90. The van der Waals surface area contributed by atoms with Crippen LogP contribution < -0.4 is 9.47 Å². The molecule has 0 N–H and O–H groups in total. The van der Waals surface area contributed by atoms with Crippen LogP contribution in [0.4, 0.5) is 0 Å². The Morgan fingerprint density at radius 2 is 1.68 bits per heavy atom. The Kier molecular flexibility index (Phi) is 10.6. The monoisotopic (exact) mass is 508 g/mol. The standard InChI is InChI=1S/C30H40N2O5/c1-2-3-4-5-6-10-19-34-27-20-31-29(32-21-27)23-13-15-25(16-14-23)36-28(33)18-17-26-22-35-30(37-26)24-11-8-7-9-12-24/h13-16,20-21,26H,2-12,17-19,22H2,1H3/t26-/m0/s1. The largest absolute Gasteiger partial charge is 0.490 e. The van der Waals surface area contributed by atoms with Crippen molar-refractivity contribution in [3.05, 3.63) is 48.2 Å². The fraction of sp³-hybridized carbons (Fsp3) is 0.567. The molecule has 200 valence electrons. The summed E-state index contributed by atoms with van der Waals surface area (Å²) in [5.41, 5.74) is 2.14. The Morgan fingerprint density at radius 3 is 2.43 bits per heavy atom. The highest BCUT2D eigenvalue weighted by atomic mass is 16.7. The van der Waals surface area contributed by atoms with Crippen molar-refractivity contribution in [1.29, 1.82) is 0 Å². The molecule has 2 heterocycles. The molecular formula is C30H40N2O5. The van der Waals surface area contributed by atoms with E-state index in [1.807, 2.05) is 12.1 Å². The number of hydrogen-bond acceptors (Lipinski definition) is 7. The van der Waals surface area contributed by atoms with Gasteiger partial charge in [0, 0.05) is 17.6 Å². The van der Waals surface area contributed by atoms with E-state index in [-0.39, 0.29) is 18.5 Å². The fourth-order valence-electron chi connectivity index (χ4n) is 4.64. The van der Waals surface area contributed by atoms with Gasteiger partial charge in [-0.05, 0) is 62.8 Å². The van der Waals surface area contributed by atoms with Gasteiger partial charge in [-0.1, -0.05) is 45.4 Å². The molecule has 7 nitrogen and oxygen atoms in total. The first kappa shape index (κ1) is 27.0. The first-order valence-electron chi connectivity index (χ1n) is 14.0. The van der Waals surface area contributed by atoms with Gasteiger partial charge >= 0.3 is 5.97 Å². The highest BCUT2D eigenvalue weighted by Gasteiger charge is 2.26. The number of carbonyl (C=O) groups excluding carboxylic acids is 1. The number of nitrogens with zero attached hydrogens (tertiary/aromatic N) is 2. The van der Waals surface area contributed by atoms with Gasteiger partial charge in [0.15, 0.2) is 11.6 Å². The number of ether oxygens (including phenoxy) is 4. The van der Waals surface area contributed by atoms with E-state index in [1.165, 1.54) is 56.9 Å². The van der Waals surface area contributed by atoms with Crippen LogP contribution in [0.25, 0.3) is 11.4 Å². The van der Waals surface area contributed by atoms with E-state index >= 15 is 0 Å². The van der Waals surface area contributed by atoms with Gasteiger partial charge in [-0.15, -0.1) is 0 Å². The summed E-state index contributed by atoms with van der Waals surface area (Å²) in [6.07, 6.45) is 17.4. The Hall–Kier alpha value is -3.09. The number of allylic oxidation sites excluding steroid dienone is 1. The third-order valence-corrected chi connectivity index (χ3v) is 6.83. The smallest absolute Gasteiger partial charge is 0.311 e. The molecule has 0 spiro atoms. The van der Waals surface area contributed by atoms with Crippen LogP contribution >= 0.6 is 0 Å². The van der Waals surface area contributed by atoms with Crippen LogP contribution in [0.3, 0.4) is 0 Å². The van der Waals surface area contributed by atoms with E-state index in [4.69, 9.17) is 18.9 Å². The Bertz CT molecular complexity index is 996. The molecule has 1 saturated heterocycles. The third-order valence-electron chi connectivity index (χ3n) is 6.83. The lowest BCUT2D eigenvalue weighted by atomic mass is 9.96. The summed E-state index contributed by atoms with van der Waals surface area (Å²) < 4.78 is 23.0. The van der Waals surface area contributed by atoms with Crippen molar-refractivity contribution in [3.63, 3.8) is 0 Å². The van der Waals surface area contributed by atoms with Crippen molar-refractivity contribution < 1.29 is 23.7 Å². The fourth-order valence-corrected chi connectivity index (χ4v) is 4.64. The molecule has 1 aliphatic heterocycles.